The third-order valence-electron chi connectivity index (χ3n) is 3.51. The Kier molecular flexibility index (Phi) is 3.74. The molecule has 1 aliphatic heterocycles. The molecule has 1 atom stereocenters. The van der Waals surface area contributed by atoms with E-state index in [9.17, 15) is 14.7 Å². The minimum absolute atomic E-state index is 0.138. The molecule has 102 valence electrons. The third-order valence-corrected chi connectivity index (χ3v) is 3.51. The molecule has 5 heteroatoms. The van der Waals surface area contributed by atoms with Gasteiger partial charge in [-0.05, 0) is 25.3 Å². The van der Waals surface area contributed by atoms with E-state index >= 15 is 0 Å². The van der Waals surface area contributed by atoms with Crippen LogP contribution in [0.3, 0.4) is 0 Å². The zero-order valence-corrected chi connectivity index (χ0v) is 10.8. The second-order valence-corrected chi connectivity index (χ2v) is 4.86. The van der Waals surface area contributed by atoms with Crippen LogP contribution < -0.4 is 5.11 Å². The molecule has 0 saturated carbocycles. The Morgan fingerprint density at radius 2 is 2.05 bits per heavy atom. The summed E-state index contributed by atoms with van der Waals surface area (Å²) in [5.74, 6) is -1.23. The van der Waals surface area contributed by atoms with E-state index in [0.717, 1.165) is 5.56 Å². The predicted octanol–water partition coefficient (Wildman–Crippen LogP) is 0.928. The van der Waals surface area contributed by atoms with Gasteiger partial charge in [-0.1, -0.05) is 30.3 Å². The monoisotopic (exact) mass is 262 g/mol. The molecule has 1 aliphatic rings. The lowest BCUT2D eigenvalue weighted by atomic mass is 10.00. The number of likely N-dealkylation sites (tertiary alicyclic amines) is 1. The van der Waals surface area contributed by atoms with E-state index in [-0.39, 0.29) is 6.61 Å². The first-order valence-corrected chi connectivity index (χ1v) is 6.24. The van der Waals surface area contributed by atoms with Crippen LogP contribution in [0.1, 0.15) is 25.3 Å². The number of carboxylic acids is 1. The number of amides is 1. The van der Waals surface area contributed by atoms with Crippen molar-refractivity contribution in [2.75, 3.05) is 6.54 Å². The largest absolute Gasteiger partial charge is 0.548 e. The van der Waals surface area contributed by atoms with E-state index in [2.05, 4.69) is 0 Å². The molecular formula is C14H16NO4-. The second-order valence-electron chi connectivity index (χ2n) is 4.86. The number of hydrogen-bond acceptors (Lipinski definition) is 4. The molecule has 19 heavy (non-hydrogen) atoms. The lowest BCUT2D eigenvalue weighted by Crippen LogP contribution is -2.56. The number of ether oxygens (including phenoxy) is 1. The van der Waals surface area contributed by atoms with Crippen molar-refractivity contribution in [1.82, 2.24) is 4.90 Å². The van der Waals surface area contributed by atoms with Crippen molar-refractivity contribution in [3.63, 3.8) is 0 Å². The number of carbonyl (C=O) groups excluding carboxylic acids is 2. The molecule has 1 unspecified atom stereocenters. The van der Waals surface area contributed by atoms with Crippen LogP contribution in [0.4, 0.5) is 4.79 Å². The van der Waals surface area contributed by atoms with Crippen LogP contribution in [0.25, 0.3) is 0 Å². The zero-order valence-electron chi connectivity index (χ0n) is 10.8. The Hall–Kier alpha value is -2.04. The summed E-state index contributed by atoms with van der Waals surface area (Å²) in [4.78, 5) is 24.3. The number of nitrogens with zero attached hydrogens (tertiary/aromatic N) is 1. The van der Waals surface area contributed by atoms with E-state index in [1.54, 1.807) is 0 Å². The standard InChI is InChI=1S/C14H17NO4/c1-14(12(16)17)8-5-9-15(14)13(18)19-10-11-6-3-2-4-7-11/h2-4,6-7H,5,8-10H2,1H3,(H,16,17)/p-1. The van der Waals surface area contributed by atoms with Crippen molar-refractivity contribution in [3.05, 3.63) is 35.9 Å². The highest BCUT2D eigenvalue weighted by molar-refractivity contribution is 5.83. The molecule has 1 aromatic rings. The van der Waals surface area contributed by atoms with Crippen LogP contribution in [-0.2, 0) is 16.1 Å². The molecule has 0 N–H and O–H groups in total. The van der Waals surface area contributed by atoms with Crippen molar-refractivity contribution in [3.8, 4) is 0 Å². The van der Waals surface area contributed by atoms with Crippen molar-refractivity contribution in [1.29, 1.82) is 0 Å². The van der Waals surface area contributed by atoms with Gasteiger partial charge in [-0.2, -0.15) is 0 Å². The summed E-state index contributed by atoms with van der Waals surface area (Å²) in [6, 6.07) is 9.26. The molecule has 1 heterocycles. The first-order chi connectivity index (χ1) is 9.04. The van der Waals surface area contributed by atoms with Crippen molar-refractivity contribution in [2.45, 2.75) is 31.9 Å². The number of rotatable bonds is 3. The summed E-state index contributed by atoms with van der Waals surface area (Å²) in [5.41, 5.74) is -0.390. The van der Waals surface area contributed by atoms with E-state index in [1.807, 2.05) is 30.3 Å². The Morgan fingerprint density at radius 1 is 1.37 bits per heavy atom. The predicted molar refractivity (Wildman–Crippen MR) is 66.0 cm³/mol. The van der Waals surface area contributed by atoms with Gasteiger partial charge >= 0.3 is 6.09 Å². The molecule has 1 aromatic carbocycles. The molecular weight excluding hydrogens is 246 g/mol. The molecule has 1 saturated heterocycles. The van der Waals surface area contributed by atoms with Gasteiger partial charge in [0.15, 0.2) is 0 Å². The van der Waals surface area contributed by atoms with E-state index in [4.69, 9.17) is 4.74 Å². The number of carboxylic acid groups (broad SMARTS) is 1. The second kappa shape index (κ2) is 5.30. The van der Waals surface area contributed by atoms with Crippen LogP contribution in [0.2, 0.25) is 0 Å². The maximum absolute atomic E-state index is 12.0. The summed E-state index contributed by atoms with van der Waals surface area (Å²) >= 11 is 0. The Labute approximate surface area is 111 Å². The van der Waals surface area contributed by atoms with E-state index in [0.29, 0.717) is 19.4 Å². The van der Waals surface area contributed by atoms with E-state index < -0.39 is 17.6 Å². The minimum atomic E-state index is -1.26. The number of hydrogen-bond donors (Lipinski definition) is 0. The number of benzene rings is 1. The lowest BCUT2D eigenvalue weighted by Gasteiger charge is -2.35. The van der Waals surface area contributed by atoms with Gasteiger partial charge in [0.2, 0.25) is 0 Å². The Balaban J connectivity index is 1.98. The molecule has 0 radical (unpaired) electrons. The summed E-state index contributed by atoms with van der Waals surface area (Å²) < 4.78 is 5.15. The van der Waals surface area contributed by atoms with Gasteiger partial charge in [-0.25, -0.2) is 4.79 Å². The SMILES string of the molecule is CC1(C(=O)[O-])CCCN1C(=O)OCc1ccccc1. The Morgan fingerprint density at radius 3 is 2.68 bits per heavy atom. The highest BCUT2D eigenvalue weighted by atomic mass is 16.6. The first-order valence-electron chi connectivity index (χ1n) is 6.24. The van der Waals surface area contributed by atoms with Gasteiger partial charge in [0.05, 0.1) is 11.5 Å². The number of carbonyl (C=O) groups is 2. The highest BCUT2D eigenvalue weighted by Crippen LogP contribution is 2.29. The summed E-state index contributed by atoms with van der Waals surface area (Å²) in [6.45, 7) is 2.02. The lowest BCUT2D eigenvalue weighted by molar-refractivity contribution is -0.316. The van der Waals surface area contributed by atoms with Gasteiger partial charge in [0, 0.05) is 6.54 Å². The number of aliphatic carboxylic acids is 1. The summed E-state index contributed by atoms with van der Waals surface area (Å²) in [6.07, 6.45) is 0.439. The van der Waals surface area contributed by atoms with E-state index in [1.165, 1.54) is 11.8 Å². The molecule has 5 nitrogen and oxygen atoms in total. The smallest absolute Gasteiger partial charge is 0.410 e. The fourth-order valence-corrected chi connectivity index (χ4v) is 2.27. The molecule has 1 amide bonds. The quantitative estimate of drug-likeness (QED) is 0.812. The normalized spacial score (nSPS) is 22.3. The fourth-order valence-electron chi connectivity index (χ4n) is 2.27. The zero-order chi connectivity index (χ0) is 13.9. The van der Waals surface area contributed by atoms with Crippen molar-refractivity contribution >= 4 is 12.1 Å². The molecule has 0 aliphatic carbocycles. The fraction of sp³-hybridized carbons (Fsp3) is 0.429. The van der Waals surface area contributed by atoms with Crippen molar-refractivity contribution < 1.29 is 19.4 Å². The average Bonchev–Trinajstić information content (AvgIpc) is 2.81. The molecule has 0 aromatic heterocycles. The van der Waals surface area contributed by atoms with Gasteiger partial charge in [-0.3, -0.25) is 4.90 Å². The van der Waals surface area contributed by atoms with Crippen LogP contribution in [0, 0.1) is 0 Å². The maximum Gasteiger partial charge on any atom is 0.410 e. The summed E-state index contributed by atoms with van der Waals surface area (Å²) in [5, 5.41) is 11.2. The van der Waals surface area contributed by atoms with Crippen LogP contribution in [-0.4, -0.2) is 29.0 Å². The van der Waals surface area contributed by atoms with Crippen molar-refractivity contribution in [2.24, 2.45) is 0 Å². The van der Waals surface area contributed by atoms with Crippen LogP contribution >= 0.6 is 0 Å². The van der Waals surface area contributed by atoms with Gasteiger partial charge in [0.1, 0.15) is 6.61 Å². The minimum Gasteiger partial charge on any atom is -0.548 e. The summed E-state index contributed by atoms with van der Waals surface area (Å²) in [7, 11) is 0. The molecule has 0 spiro atoms. The topological polar surface area (TPSA) is 69.7 Å². The third kappa shape index (κ3) is 2.70. The average molecular weight is 262 g/mol. The highest BCUT2D eigenvalue weighted by Gasteiger charge is 2.41. The first kappa shape index (κ1) is 13.4. The Bertz CT molecular complexity index is 474. The van der Waals surface area contributed by atoms with Gasteiger partial charge < -0.3 is 14.6 Å². The maximum atomic E-state index is 12.0. The van der Waals surface area contributed by atoms with Gasteiger partial charge in [0.25, 0.3) is 0 Å². The molecule has 1 fully saturated rings. The molecule has 2 rings (SSSR count). The van der Waals surface area contributed by atoms with Gasteiger partial charge in [-0.15, -0.1) is 0 Å². The van der Waals surface area contributed by atoms with Crippen LogP contribution in [0.5, 0.6) is 0 Å². The van der Waals surface area contributed by atoms with Crippen LogP contribution in [0.15, 0.2) is 30.3 Å². The molecule has 0 bridgehead atoms.